The van der Waals surface area contributed by atoms with Crippen LogP contribution < -0.4 is 9.80 Å². The summed E-state index contributed by atoms with van der Waals surface area (Å²) in [4.78, 5) is 3.86. The molecule has 1 saturated carbocycles. The maximum absolute atomic E-state index is 13.7. The quantitative estimate of drug-likeness (QED) is 0.138. The fourth-order valence-electron chi connectivity index (χ4n) is 7.41. The average Bonchev–Trinajstić information content (AvgIpc) is 3.70. The number of benzene rings is 5. The summed E-state index contributed by atoms with van der Waals surface area (Å²) in [6.45, 7) is 2.70. The van der Waals surface area contributed by atoms with Gasteiger partial charge in [-0.1, -0.05) is 110 Å². The molecule has 8 rings (SSSR count). The van der Waals surface area contributed by atoms with E-state index in [1.54, 1.807) is 12.1 Å². The smallest absolute Gasteiger partial charge is 0.129 e. The normalized spacial score (nSPS) is 20.1. The Bertz CT molecular complexity index is 1790. The molecule has 5 aromatic carbocycles. The van der Waals surface area contributed by atoms with Crippen molar-refractivity contribution in [2.24, 2.45) is 5.92 Å². The minimum absolute atomic E-state index is 0. The number of halogens is 4. The van der Waals surface area contributed by atoms with Gasteiger partial charge < -0.3 is 22.6 Å². The zero-order valence-corrected chi connectivity index (χ0v) is 29.3. The van der Waals surface area contributed by atoms with Crippen molar-refractivity contribution in [3.63, 3.8) is 0 Å². The molecule has 0 radical (unpaired) electrons. The van der Waals surface area contributed by atoms with Crippen molar-refractivity contribution in [3.8, 4) is 0 Å². The number of rotatable bonds is 3. The fraction of sp³-hybridized carbons (Fsp3) is 0.179. The summed E-state index contributed by atoms with van der Waals surface area (Å²) in [5.41, 5.74) is 6.97. The molecule has 0 saturated heterocycles. The molecule has 3 nitrogen and oxygen atoms in total. The second kappa shape index (κ2) is 15.6. The van der Waals surface area contributed by atoms with Gasteiger partial charge in [0.1, 0.15) is 11.6 Å². The van der Waals surface area contributed by atoms with Crippen molar-refractivity contribution >= 4 is 41.5 Å². The van der Waals surface area contributed by atoms with E-state index in [2.05, 4.69) is 96.8 Å². The summed E-state index contributed by atoms with van der Waals surface area (Å²) >= 11 is -0.556. The first-order valence-electron chi connectivity index (χ1n) is 15.2. The minimum Gasteiger partial charge on any atom is -0.464 e. The van der Waals surface area contributed by atoms with Gasteiger partial charge in [0, 0.05) is 34.9 Å². The summed E-state index contributed by atoms with van der Waals surface area (Å²) in [5.74, 6) is 0.394. The van der Waals surface area contributed by atoms with Crippen LogP contribution in [0.25, 0.3) is 5.41 Å². The first-order valence-corrected chi connectivity index (χ1v) is 19.5. The molecule has 3 aliphatic rings. The molecule has 5 aromatic rings. The van der Waals surface area contributed by atoms with Crippen molar-refractivity contribution in [2.45, 2.75) is 37.8 Å². The Labute approximate surface area is 293 Å². The van der Waals surface area contributed by atoms with Gasteiger partial charge in [-0.05, 0) is 71.5 Å². The molecule has 0 spiro atoms. The molecule has 47 heavy (non-hydrogen) atoms. The van der Waals surface area contributed by atoms with Crippen LogP contribution in [0.4, 0.5) is 25.8 Å². The van der Waals surface area contributed by atoms with Gasteiger partial charge >= 0.3 is 35.6 Å². The van der Waals surface area contributed by atoms with Gasteiger partial charge in [-0.25, -0.2) is 8.78 Å². The standard InChI is InChI=1S/C24H23N.C14H9F2N2.CH3.2ClH.Ti/c1-17-16-21-20-14-8-9-15-22(20)25(19-12-6-3-7-13-19)24(21)23(17)18-10-4-2-5-11-18;15-11-6-3-7-12(16)13(11)18-8-9-4-1-2-5-10(9)14(18)17;;;;/h2-15,17,21,23-24H,16H2,1H3;1-7H,8H2;1H3;2*1H;/q;2*-1;;;+2/p-2. The second-order valence-corrected chi connectivity index (χ2v) is 14.3. The third-order valence-electron chi connectivity index (χ3n) is 9.18. The Morgan fingerprint density at radius 1 is 0.745 bits per heavy atom. The van der Waals surface area contributed by atoms with Crippen molar-refractivity contribution in [2.75, 3.05) is 9.80 Å². The topological polar surface area (TPSA) is 28.8 Å². The Balaban J connectivity index is 0.000000175. The van der Waals surface area contributed by atoms with E-state index >= 15 is 0 Å². The van der Waals surface area contributed by atoms with E-state index < -0.39 is 28.7 Å². The van der Waals surface area contributed by atoms with Crippen LogP contribution in [0.1, 0.15) is 47.4 Å². The fourth-order valence-corrected chi connectivity index (χ4v) is 7.41. The molecule has 0 N–H and O–H groups in total. The van der Waals surface area contributed by atoms with Crippen molar-refractivity contribution in [3.05, 3.63) is 174 Å². The molecule has 2 aliphatic heterocycles. The number of para-hydroxylation sites is 3. The molecule has 0 aromatic heterocycles. The van der Waals surface area contributed by atoms with E-state index in [1.807, 2.05) is 12.1 Å². The van der Waals surface area contributed by atoms with Gasteiger partial charge in [0.25, 0.3) is 0 Å². The van der Waals surface area contributed by atoms with Gasteiger partial charge in [-0.2, -0.15) is 0 Å². The molecule has 240 valence electrons. The van der Waals surface area contributed by atoms with Gasteiger partial charge in [0.15, 0.2) is 0 Å². The van der Waals surface area contributed by atoms with Gasteiger partial charge in [0.05, 0.1) is 0 Å². The minimum atomic E-state index is -0.686. The zero-order valence-electron chi connectivity index (χ0n) is 26.2. The van der Waals surface area contributed by atoms with E-state index in [0.717, 1.165) is 5.56 Å². The SMILES string of the molecule is CC1CC2c3ccccc3N(c3ccccc3)C2C1c1ccccc1.[CH3-].[Cl][Ti][Cl].[N-]=C1c2ccccc2CN1c1c(F)cccc1F. The monoisotopic (exact) mass is 701 g/mol. The Kier molecular flexibility index (Phi) is 11.6. The van der Waals surface area contributed by atoms with Gasteiger partial charge in [0.2, 0.25) is 0 Å². The maximum Gasteiger partial charge on any atom is 0.129 e. The van der Waals surface area contributed by atoms with Crippen LogP contribution in [0.2, 0.25) is 0 Å². The summed E-state index contributed by atoms with van der Waals surface area (Å²) in [7, 11) is 9.78. The number of anilines is 3. The van der Waals surface area contributed by atoms with Crippen molar-refractivity contribution in [1.29, 1.82) is 0 Å². The van der Waals surface area contributed by atoms with E-state index in [1.165, 1.54) is 52.0 Å². The van der Waals surface area contributed by atoms with Gasteiger partial charge in [-0.15, -0.1) is 0 Å². The molecule has 4 atom stereocenters. The van der Waals surface area contributed by atoms with Crippen LogP contribution in [0, 0.1) is 25.0 Å². The maximum atomic E-state index is 13.7. The predicted molar refractivity (Wildman–Crippen MR) is 189 cm³/mol. The largest absolute Gasteiger partial charge is 0.464 e. The van der Waals surface area contributed by atoms with Crippen LogP contribution in [-0.4, -0.2) is 11.9 Å². The van der Waals surface area contributed by atoms with E-state index in [9.17, 15) is 14.2 Å². The molecule has 4 unspecified atom stereocenters. The van der Waals surface area contributed by atoms with Crippen LogP contribution >= 0.6 is 18.6 Å². The molecule has 8 heteroatoms. The molecule has 1 fully saturated rings. The molecule has 0 bridgehead atoms. The zero-order chi connectivity index (χ0) is 32.2. The van der Waals surface area contributed by atoms with Crippen LogP contribution in [0.3, 0.4) is 0 Å². The van der Waals surface area contributed by atoms with Crippen LogP contribution in [-0.2, 0) is 23.6 Å². The Hall–Kier alpha value is -3.48. The van der Waals surface area contributed by atoms with Gasteiger partial charge in [-0.3, -0.25) is 0 Å². The van der Waals surface area contributed by atoms with E-state index in [4.69, 9.17) is 18.6 Å². The molecule has 2 heterocycles. The van der Waals surface area contributed by atoms with E-state index in [-0.39, 0.29) is 25.5 Å². The number of hydrogen-bond donors (Lipinski definition) is 0. The molecular formula is C39H35Cl2F2N3Ti-2. The molecule has 0 amide bonds. The number of hydrogen-bond acceptors (Lipinski definition) is 1. The Morgan fingerprint density at radius 3 is 1.98 bits per heavy atom. The summed E-state index contributed by atoms with van der Waals surface area (Å²) in [6, 6.07) is 42.4. The summed E-state index contributed by atoms with van der Waals surface area (Å²) in [6.07, 6.45) is 1.27. The Morgan fingerprint density at radius 2 is 1.32 bits per heavy atom. The van der Waals surface area contributed by atoms with Crippen molar-refractivity contribution in [1.82, 2.24) is 0 Å². The predicted octanol–water partition coefficient (Wildman–Crippen LogP) is 11.2. The molecular weight excluding hydrogens is 667 g/mol. The molecule has 1 aliphatic carbocycles. The van der Waals surface area contributed by atoms with E-state index in [0.29, 0.717) is 29.4 Å². The first-order chi connectivity index (χ1) is 22.4. The number of amidine groups is 1. The third kappa shape index (κ3) is 6.91. The summed E-state index contributed by atoms with van der Waals surface area (Å²) < 4.78 is 27.4. The van der Waals surface area contributed by atoms with Crippen LogP contribution in [0.5, 0.6) is 0 Å². The van der Waals surface area contributed by atoms with Crippen LogP contribution in [0.15, 0.2) is 127 Å². The third-order valence-corrected chi connectivity index (χ3v) is 9.18. The first kappa shape index (κ1) is 34.8. The second-order valence-electron chi connectivity index (χ2n) is 11.7. The number of fused-ring (bicyclic) bond motifs is 4. The average molecular weight is 702 g/mol. The number of nitrogens with zero attached hydrogens (tertiary/aromatic N) is 3. The summed E-state index contributed by atoms with van der Waals surface area (Å²) in [5, 5.41) is 10.1. The van der Waals surface area contributed by atoms with Crippen molar-refractivity contribution < 1.29 is 25.8 Å².